The lowest BCUT2D eigenvalue weighted by Crippen LogP contribution is -2.49. The zero-order valence-corrected chi connectivity index (χ0v) is 13.4. The molecule has 1 aliphatic heterocycles. The molecule has 1 aromatic carbocycles. The molecular formula is C18H21NO4. The molecule has 2 aromatic rings. The fourth-order valence-electron chi connectivity index (χ4n) is 3.16. The SMILES string of the molecule is Cc1cc(C(=O)N2CCO[C@H](CO)[C@H]2c2ccccc2)c(C)o1. The average Bonchev–Trinajstić information content (AvgIpc) is 2.92. The Morgan fingerprint density at radius 1 is 1.30 bits per heavy atom. The van der Waals surface area contributed by atoms with Crippen molar-refractivity contribution in [2.45, 2.75) is 26.0 Å². The van der Waals surface area contributed by atoms with E-state index < -0.39 is 6.10 Å². The minimum atomic E-state index is -0.427. The number of ether oxygens (including phenoxy) is 1. The number of morpholine rings is 1. The zero-order chi connectivity index (χ0) is 16.4. The topological polar surface area (TPSA) is 62.9 Å². The third-order valence-corrected chi connectivity index (χ3v) is 4.21. The van der Waals surface area contributed by atoms with Crippen LogP contribution in [0.2, 0.25) is 0 Å². The maximum atomic E-state index is 13.0. The third-order valence-electron chi connectivity index (χ3n) is 4.21. The second kappa shape index (κ2) is 6.56. The van der Waals surface area contributed by atoms with Gasteiger partial charge in [0, 0.05) is 6.54 Å². The van der Waals surface area contributed by atoms with E-state index in [4.69, 9.17) is 9.15 Å². The van der Waals surface area contributed by atoms with Gasteiger partial charge in [0.1, 0.15) is 17.6 Å². The molecule has 1 aliphatic rings. The van der Waals surface area contributed by atoms with Crippen LogP contribution in [0.15, 0.2) is 40.8 Å². The van der Waals surface area contributed by atoms with E-state index in [9.17, 15) is 9.90 Å². The number of carbonyl (C=O) groups is 1. The van der Waals surface area contributed by atoms with Gasteiger partial charge in [-0.15, -0.1) is 0 Å². The summed E-state index contributed by atoms with van der Waals surface area (Å²) in [5.74, 6) is 1.25. The highest BCUT2D eigenvalue weighted by Crippen LogP contribution is 2.31. The minimum Gasteiger partial charge on any atom is -0.466 e. The second-order valence-corrected chi connectivity index (χ2v) is 5.77. The van der Waals surface area contributed by atoms with Crippen molar-refractivity contribution in [2.75, 3.05) is 19.8 Å². The van der Waals surface area contributed by atoms with Crippen molar-refractivity contribution in [3.05, 3.63) is 59.0 Å². The molecule has 0 spiro atoms. The fraction of sp³-hybridized carbons (Fsp3) is 0.389. The maximum Gasteiger partial charge on any atom is 0.258 e. The number of benzene rings is 1. The summed E-state index contributed by atoms with van der Waals surface area (Å²) in [6.07, 6.45) is -0.427. The van der Waals surface area contributed by atoms with Crippen LogP contribution in [-0.2, 0) is 4.74 Å². The Bertz CT molecular complexity index is 680. The van der Waals surface area contributed by atoms with Crippen LogP contribution in [0.5, 0.6) is 0 Å². The van der Waals surface area contributed by atoms with Gasteiger partial charge in [-0.25, -0.2) is 0 Å². The summed E-state index contributed by atoms with van der Waals surface area (Å²) in [6.45, 7) is 4.39. The van der Waals surface area contributed by atoms with Crippen molar-refractivity contribution in [1.29, 1.82) is 0 Å². The van der Waals surface area contributed by atoms with Crippen molar-refractivity contribution in [1.82, 2.24) is 4.90 Å². The number of furan rings is 1. The highest BCUT2D eigenvalue weighted by Gasteiger charge is 2.37. The Hall–Kier alpha value is -2.11. The summed E-state index contributed by atoms with van der Waals surface area (Å²) in [6, 6.07) is 11.1. The van der Waals surface area contributed by atoms with Crippen LogP contribution in [-0.4, -0.2) is 41.8 Å². The molecule has 1 amide bonds. The lowest BCUT2D eigenvalue weighted by atomic mass is 9.97. The van der Waals surface area contributed by atoms with Gasteiger partial charge in [0.15, 0.2) is 0 Å². The molecule has 0 saturated carbocycles. The number of carbonyl (C=O) groups excluding carboxylic acids is 1. The Morgan fingerprint density at radius 2 is 2.04 bits per heavy atom. The van der Waals surface area contributed by atoms with Crippen LogP contribution >= 0.6 is 0 Å². The van der Waals surface area contributed by atoms with E-state index in [1.54, 1.807) is 17.9 Å². The van der Waals surface area contributed by atoms with Gasteiger partial charge in [-0.2, -0.15) is 0 Å². The Labute approximate surface area is 135 Å². The molecule has 2 heterocycles. The molecule has 0 aliphatic carbocycles. The first kappa shape index (κ1) is 15.8. The number of nitrogens with zero attached hydrogens (tertiary/aromatic N) is 1. The molecule has 2 atom stereocenters. The van der Waals surface area contributed by atoms with Crippen LogP contribution in [0.3, 0.4) is 0 Å². The zero-order valence-electron chi connectivity index (χ0n) is 13.4. The van der Waals surface area contributed by atoms with Gasteiger partial charge in [0.25, 0.3) is 5.91 Å². The van der Waals surface area contributed by atoms with Crippen LogP contribution < -0.4 is 0 Å². The summed E-state index contributed by atoms with van der Waals surface area (Å²) in [5.41, 5.74) is 1.53. The van der Waals surface area contributed by atoms with E-state index in [2.05, 4.69) is 0 Å². The quantitative estimate of drug-likeness (QED) is 0.945. The Morgan fingerprint density at radius 3 is 2.65 bits per heavy atom. The molecule has 5 nitrogen and oxygen atoms in total. The minimum absolute atomic E-state index is 0.0880. The van der Waals surface area contributed by atoms with Gasteiger partial charge >= 0.3 is 0 Å². The molecule has 0 unspecified atom stereocenters. The van der Waals surface area contributed by atoms with E-state index in [0.29, 0.717) is 30.2 Å². The number of amides is 1. The average molecular weight is 315 g/mol. The van der Waals surface area contributed by atoms with Crippen molar-refractivity contribution >= 4 is 5.91 Å². The first-order chi connectivity index (χ1) is 11.1. The van der Waals surface area contributed by atoms with E-state index in [1.165, 1.54) is 0 Å². The third kappa shape index (κ3) is 3.02. The molecular weight excluding hydrogens is 294 g/mol. The lowest BCUT2D eigenvalue weighted by molar-refractivity contribution is -0.0811. The summed E-state index contributed by atoms with van der Waals surface area (Å²) in [5, 5.41) is 9.67. The highest BCUT2D eigenvalue weighted by molar-refractivity contribution is 5.95. The molecule has 1 N–H and O–H groups in total. The van der Waals surface area contributed by atoms with Gasteiger partial charge in [-0.1, -0.05) is 30.3 Å². The lowest BCUT2D eigenvalue weighted by Gasteiger charge is -2.40. The summed E-state index contributed by atoms with van der Waals surface area (Å²) in [7, 11) is 0. The van der Waals surface area contributed by atoms with Crippen LogP contribution in [0, 0.1) is 13.8 Å². The molecule has 0 bridgehead atoms. The van der Waals surface area contributed by atoms with Gasteiger partial charge < -0.3 is 19.2 Å². The predicted molar refractivity (Wildman–Crippen MR) is 85.2 cm³/mol. The number of aliphatic hydroxyl groups is 1. The van der Waals surface area contributed by atoms with E-state index >= 15 is 0 Å². The summed E-state index contributed by atoms with van der Waals surface area (Å²) >= 11 is 0. The predicted octanol–water partition coefficient (Wildman–Crippen LogP) is 2.47. The van der Waals surface area contributed by atoms with Crippen LogP contribution in [0.25, 0.3) is 0 Å². The number of aryl methyl sites for hydroxylation is 2. The monoisotopic (exact) mass is 315 g/mol. The maximum absolute atomic E-state index is 13.0. The first-order valence-electron chi connectivity index (χ1n) is 7.77. The van der Waals surface area contributed by atoms with Crippen LogP contribution in [0.4, 0.5) is 0 Å². The van der Waals surface area contributed by atoms with E-state index in [1.807, 2.05) is 37.3 Å². The van der Waals surface area contributed by atoms with Crippen molar-refractivity contribution in [3.63, 3.8) is 0 Å². The van der Waals surface area contributed by atoms with Crippen molar-refractivity contribution in [3.8, 4) is 0 Å². The smallest absolute Gasteiger partial charge is 0.258 e. The van der Waals surface area contributed by atoms with E-state index in [0.717, 1.165) is 5.56 Å². The van der Waals surface area contributed by atoms with Crippen molar-refractivity contribution < 1.29 is 19.1 Å². The molecule has 1 aromatic heterocycles. The number of hydrogen-bond donors (Lipinski definition) is 1. The van der Waals surface area contributed by atoms with Gasteiger partial charge in [0.2, 0.25) is 0 Å². The Kier molecular flexibility index (Phi) is 4.50. The highest BCUT2D eigenvalue weighted by atomic mass is 16.5. The summed E-state index contributed by atoms with van der Waals surface area (Å²) < 4.78 is 11.2. The molecule has 3 rings (SSSR count). The van der Waals surface area contributed by atoms with Crippen LogP contribution in [0.1, 0.15) is 33.5 Å². The number of rotatable bonds is 3. The van der Waals surface area contributed by atoms with Gasteiger partial charge in [-0.05, 0) is 25.5 Å². The number of aliphatic hydroxyl groups excluding tert-OH is 1. The standard InChI is InChI=1S/C18H21NO4/c1-12-10-15(13(2)23-12)18(21)19-8-9-22-16(11-20)17(19)14-6-4-3-5-7-14/h3-7,10,16-17,20H,8-9,11H2,1-2H3/t16-,17-/m1/s1. The molecule has 122 valence electrons. The molecule has 5 heteroatoms. The van der Waals surface area contributed by atoms with E-state index in [-0.39, 0.29) is 18.6 Å². The molecule has 23 heavy (non-hydrogen) atoms. The Balaban J connectivity index is 1.97. The van der Waals surface area contributed by atoms with Gasteiger partial charge in [0.05, 0.1) is 24.8 Å². The molecule has 1 saturated heterocycles. The molecule has 1 fully saturated rings. The summed E-state index contributed by atoms with van der Waals surface area (Å²) in [4.78, 5) is 14.8. The molecule has 0 radical (unpaired) electrons. The normalized spacial score (nSPS) is 21.4. The van der Waals surface area contributed by atoms with Crippen molar-refractivity contribution in [2.24, 2.45) is 0 Å². The first-order valence-corrected chi connectivity index (χ1v) is 7.77. The second-order valence-electron chi connectivity index (χ2n) is 5.77. The van der Waals surface area contributed by atoms with Gasteiger partial charge in [-0.3, -0.25) is 4.79 Å². The largest absolute Gasteiger partial charge is 0.466 e. The number of hydrogen-bond acceptors (Lipinski definition) is 4. The fourth-order valence-corrected chi connectivity index (χ4v) is 3.16.